The van der Waals surface area contributed by atoms with Crippen LogP contribution in [0.5, 0.6) is 0 Å². The summed E-state index contributed by atoms with van der Waals surface area (Å²) >= 11 is 0. The average Bonchev–Trinajstić information content (AvgIpc) is 2.70. The smallest absolute Gasteiger partial charge is 0.0941 e. The van der Waals surface area contributed by atoms with Gasteiger partial charge in [-0.3, -0.25) is 0 Å². The van der Waals surface area contributed by atoms with Crippen molar-refractivity contribution in [2.75, 3.05) is 0 Å². The molecule has 0 aliphatic carbocycles. The number of halogens is 1. The molecular formula is C27H49F. The number of hydrogen-bond acceptors (Lipinski definition) is 0. The van der Waals surface area contributed by atoms with Gasteiger partial charge >= 0.3 is 0 Å². The third-order valence-corrected chi connectivity index (χ3v) is 4.06. The second-order valence-electron chi connectivity index (χ2n) is 7.03. The summed E-state index contributed by atoms with van der Waals surface area (Å²) in [6.45, 7) is 22.6. The van der Waals surface area contributed by atoms with Crippen molar-refractivity contribution in [2.24, 2.45) is 5.92 Å². The zero-order chi connectivity index (χ0) is 22.2. The van der Waals surface area contributed by atoms with Crippen LogP contribution in [0.4, 0.5) is 4.39 Å². The molecule has 0 radical (unpaired) electrons. The fraction of sp³-hybridized carbons (Fsp3) is 0.630. The standard InChI is InChI=1S/C22H35F.C3H8.C2H6/c1-6-8-9-10-11-13-19(3)14-12-15-20(4)16-17-22(18-23)21(5)7-2;1-3-2;1-2/h12,14,16-19H,4-11,13,15H2,1-3H3;3H2,1-2H3;1-2H3/b14-12-,17-16-,22-18?;;. The van der Waals surface area contributed by atoms with Crippen molar-refractivity contribution in [3.63, 3.8) is 0 Å². The van der Waals surface area contributed by atoms with Crippen molar-refractivity contribution in [1.29, 1.82) is 0 Å². The highest BCUT2D eigenvalue weighted by Gasteiger charge is 1.98. The van der Waals surface area contributed by atoms with Crippen LogP contribution >= 0.6 is 0 Å². The number of rotatable bonds is 13. The molecule has 0 aromatic carbocycles. The predicted molar refractivity (Wildman–Crippen MR) is 131 cm³/mol. The molecule has 0 rings (SSSR count). The summed E-state index contributed by atoms with van der Waals surface area (Å²) in [6.07, 6.45) is 19.5. The minimum atomic E-state index is 0.554. The van der Waals surface area contributed by atoms with E-state index in [1.54, 1.807) is 6.08 Å². The van der Waals surface area contributed by atoms with E-state index in [9.17, 15) is 4.39 Å². The molecule has 1 heteroatoms. The van der Waals surface area contributed by atoms with Gasteiger partial charge in [-0.05, 0) is 30.8 Å². The van der Waals surface area contributed by atoms with E-state index in [4.69, 9.17) is 0 Å². The number of unbranched alkanes of at least 4 members (excludes halogenated alkanes) is 4. The number of hydrogen-bond donors (Lipinski definition) is 0. The van der Waals surface area contributed by atoms with Gasteiger partial charge < -0.3 is 0 Å². The van der Waals surface area contributed by atoms with Gasteiger partial charge in [0.05, 0.1) is 6.33 Å². The van der Waals surface area contributed by atoms with Crippen molar-refractivity contribution in [1.82, 2.24) is 0 Å². The maximum absolute atomic E-state index is 12.8. The van der Waals surface area contributed by atoms with E-state index in [1.807, 2.05) is 26.8 Å². The second kappa shape index (κ2) is 25.6. The highest BCUT2D eigenvalue weighted by atomic mass is 19.1. The first kappa shape index (κ1) is 31.3. The molecule has 1 unspecified atom stereocenters. The molecule has 0 amide bonds. The van der Waals surface area contributed by atoms with Crippen LogP contribution in [-0.2, 0) is 0 Å². The van der Waals surface area contributed by atoms with Gasteiger partial charge in [0.25, 0.3) is 0 Å². The lowest BCUT2D eigenvalue weighted by atomic mass is 10.0. The quantitative estimate of drug-likeness (QED) is 0.166. The molecule has 0 spiro atoms. The lowest BCUT2D eigenvalue weighted by Crippen LogP contribution is -1.90. The minimum absolute atomic E-state index is 0.554. The summed E-state index contributed by atoms with van der Waals surface area (Å²) in [7, 11) is 0. The lowest BCUT2D eigenvalue weighted by molar-refractivity contribution is 0.550. The molecule has 0 aromatic rings. The van der Waals surface area contributed by atoms with Gasteiger partial charge in [-0.2, -0.15) is 0 Å². The first-order valence-corrected chi connectivity index (χ1v) is 11.5. The second-order valence-corrected chi connectivity index (χ2v) is 7.03. The molecule has 0 aliphatic rings. The normalized spacial score (nSPS) is 12.2. The molecule has 0 heterocycles. The lowest BCUT2D eigenvalue weighted by Gasteiger charge is -2.06. The topological polar surface area (TPSA) is 0 Å². The van der Waals surface area contributed by atoms with Crippen LogP contribution in [0.15, 0.2) is 60.5 Å². The van der Waals surface area contributed by atoms with Gasteiger partial charge in [0.15, 0.2) is 0 Å². The van der Waals surface area contributed by atoms with Crippen molar-refractivity contribution >= 4 is 0 Å². The van der Waals surface area contributed by atoms with E-state index in [0.29, 0.717) is 17.8 Å². The summed E-state index contributed by atoms with van der Waals surface area (Å²) in [4.78, 5) is 0. The summed E-state index contributed by atoms with van der Waals surface area (Å²) in [6, 6.07) is 0. The maximum Gasteiger partial charge on any atom is 0.0941 e. The highest BCUT2D eigenvalue weighted by molar-refractivity contribution is 5.39. The molecule has 0 nitrogen and oxygen atoms in total. The molecule has 164 valence electrons. The van der Waals surface area contributed by atoms with E-state index in [-0.39, 0.29) is 0 Å². The third kappa shape index (κ3) is 22.7. The Bertz CT molecular complexity index is 437. The molecule has 0 bridgehead atoms. The Balaban J connectivity index is -0.00000113. The van der Waals surface area contributed by atoms with E-state index >= 15 is 0 Å². The fourth-order valence-electron chi connectivity index (χ4n) is 2.33. The minimum Gasteiger partial charge on any atom is -0.215 e. The fourth-order valence-corrected chi connectivity index (χ4v) is 2.33. The van der Waals surface area contributed by atoms with Gasteiger partial charge in [0, 0.05) is 5.57 Å². The maximum atomic E-state index is 12.8. The first-order chi connectivity index (χ1) is 13.5. The van der Waals surface area contributed by atoms with Crippen LogP contribution in [0.3, 0.4) is 0 Å². The van der Waals surface area contributed by atoms with Crippen molar-refractivity contribution < 1.29 is 4.39 Å². The molecule has 0 aromatic heterocycles. The zero-order valence-corrected chi connectivity index (χ0v) is 20.1. The Labute approximate surface area is 177 Å². The molecular weight excluding hydrogens is 343 g/mol. The van der Waals surface area contributed by atoms with Crippen LogP contribution in [0.1, 0.15) is 106 Å². The summed E-state index contributed by atoms with van der Waals surface area (Å²) in [5.74, 6) is 0.620. The Morgan fingerprint density at radius 2 is 1.50 bits per heavy atom. The summed E-state index contributed by atoms with van der Waals surface area (Å²) < 4.78 is 12.8. The Kier molecular flexibility index (Phi) is 28.7. The van der Waals surface area contributed by atoms with Gasteiger partial charge in [-0.15, -0.1) is 0 Å². The highest BCUT2D eigenvalue weighted by Crippen LogP contribution is 2.16. The number of allylic oxidation sites excluding steroid dienone is 7. The van der Waals surface area contributed by atoms with Crippen LogP contribution in [0, 0.1) is 5.92 Å². The largest absolute Gasteiger partial charge is 0.215 e. The Morgan fingerprint density at radius 3 is 2.00 bits per heavy atom. The van der Waals surface area contributed by atoms with Gasteiger partial charge in [0.2, 0.25) is 0 Å². The van der Waals surface area contributed by atoms with Gasteiger partial charge in [-0.1, -0.05) is 130 Å². The molecule has 28 heavy (non-hydrogen) atoms. The monoisotopic (exact) mass is 392 g/mol. The van der Waals surface area contributed by atoms with E-state index in [1.165, 1.54) is 44.9 Å². The summed E-state index contributed by atoms with van der Waals surface area (Å²) in [5.41, 5.74) is 2.35. The SMILES string of the molecule is C=C(/C=C\C(=CF)C(=C)CC)C/C=C\C(C)CCCCCCC.CC.CCC. The first-order valence-electron chi connectivity index (χ1n) is 11.5. The van der Waals surface area contributed by atoms with Gasteiger partial charge in [-0.25, -0.2) is 4.39 Å². The zero-order valence-electron chi connectivity index (χ0n) is 20.1. The molecule has 0 fully saturated rings. The van der Waals surface area contributed by atoms with Crippen molar-refractivity contribution in [3.8, 4) is 0 Å². The molecule has 0 saturated heterocycles. The van der Waals surface area contributed by atoms with Crippen LogP contribution < -0.4 is 0 Å². The van der Waals surface area contributed by atoms with Crippen LogP contribution in [0.25, 0.3) is 0 Å². The van der Waals surface area contributed by atoms with Gasteiger partial charge in [0.1, 0.15) is 0 Å². The van der Waals surface area contributed by atoms with Crippen molar-refractivity contribution in [3.05, 3.63) is 60.5 Å². The third-order valence-electron chi connectivity index (χ3n) is 4.06. The molecule has 0 saturated carbocycles. The van der Waals surface area contributed by atoms with E-state index in [2.05, 4.69) is 53.0 Å². The van der Waals surface area contributed by atoms with E-state index in [0.717, 1.165) is 24.0 Å². The molecule has 0 N–H and O–H groups in total. The van der Waals surface area contributed by atoms with Crippen molar-refractivity contribution in [2.45, 2.75) is 106 Å². The molecule has 1 atom stereocenters. The Hall–Kier alpha value is -1.37. The van der Waals surface area contributed by atoms with E-state index < -0.39 is 0 Å². The van der Waals surface area contributed by atoms with Crippen LogP contribution in [-0.4, -0.2) is 0 Å². The average molecular weight is 393 g/mol. The summed E-state index contributed by atoms with van der Waals surface area (Å²) in [5, 5.41) is 0. The molecule has 0 aliphatic heterocycles. The van der Waals surface area contributed by atoms with Crippen LogP contribution in [0.2, 0.25) is 0 Å². The predicted octanol–water partition coefficient (Wildman–Crippen LogP) is 10.3. The Morgan fingerprint density at radius 1 is 0.929 bits per heavy atom.